The summed E-state index contributed by atoms with van der Waals surface area (Å²) >= 11 is 3.20. The molecule has 0 radical (unpaired) electrons. The second-order valence-corrected chi connectivity index (χ2v) is 4.90. The third-order valence-electron chi connectivity index (χ3n) is 2.70. The molecule has 2 rings (SSSR count). The number of nitrogens with zero attached hydrogens (tertiary/aromatic N) is 1. The summed E-state index contributed by atoms with van der Waals surface area (Å²) < 4.78 is 5.85. The average Bonchev–Trinajstić information content (AvgIpc) is 2.83. The Hall–Kier alpha value is -1.75. The molecule has 0 aliphatic carbocycles. The van der Waals surface area contributed by atoms with Crippen LogP contribution >= 0.6 is 15.9 Å². The molecule has 0 spiro atoms. The minimum Gasteiger partial charge on any atom is -0.444 e. The van der Waals surface area contributed by atoms with Crippen molar-refractivity contribution in [2.45, 2.75) is 13.3 Å². The fourth-order valence-electron chi connectivity index (χ4n) is 1.85. The number of hydrogen-bond donors (Lipinski definition) is 1. The Balaban J connectivity index is 2.35. The number of rotatable bonds is 4. The maximum absolute atomic E-state index is 12.5. The van der Waals surface area contributed by atoms with Crippen molar-refractivity contribution in [1.29, 1.82) is 0 Å². The highest BCUT2D eigenvalue weighted by molar-refractivity contribution is 9.10. The van der Waals surface area contributed by atoms with Gasteiger partial charge in [-0.3, -0.25) is 4.79 Å². The molecule has 1 heterocycles. The standard InChI is InChI=1S/C14H15BrN2O2/c1-2-9-17(11-6-4-3-5-10(11)16)14(18)12-7-8-13(15)19-12/h3-8H,2,9,16H2,1H3. The first-order valence-corrected chi connectivity index (χ1v) is 6.84. The van der Waals surface area contributed by atoms with Gasteiger partial charge < -0.3 is 15.1 Å². The molecule has 0 aliphatic heterocycles. The van der Waals surface area contributed by atoms with Crippen molar-refractivity contribution < 1.29 is 9.21 Å². The van der Waals surface area contributed by atoms with E-state index in [0.29, 0.717) is 28.3 Å². The third-order valence-corrected chi connectivity index (χ3v) is 3.13. The minimum atomic E-state index is -0.189. The molecule has 2 aromatic rings. The normalized spacial score (nSPS) is 10.4. The summed E-state index contributed by atoms with van der Waals surface area (Å²) in [6.07, 6.45) is 0.835. The number of anilines is 2. The first-order valence-electron chi connectivity index (χ1n) is 6.05. The Morgan fingerprint density at radius 3 is 2.63 bits per heavy atom. The number of carbonyl (C=O) groups is 1. The van der Waals surface area contributed by atoms with E-state index in [-0.39, 0.29) is 5.91 Å². The zero-order valence-corrected chi connectivity index (χ0v) is 12.2. The maximum Gasteiger partial charge on any atom is 0.294 e. The molecule has 100 valence electrons. The lowest BCUT2D eigenvalue weighted by Gasteiger charge is -2.22. The summed E-state index contributed by atoms with van der Waals surface area (Å²) in [7, 11) is 0. The largest absolute Gasteiger partial charge is 0.444 e. The zero-order chi connectivity index (χ0) is 13.8. The monoisotopic (exact) mass is 322 g/mol. The van der Waals surface area contributed by atoms with Crippen LogP contribution in [-0.4, -0.2) is 12.5 Å². The highest BCUT2D eigenvalue weighted by Crippen LogP contribution is 2.25. The van der Waals surface area contributed by atoms with Crippen LogP contribution in [0.5, 0.6) is 0 Å². The van der Waals surface area contributed by atoms with E-state index in [0.717, 1.165) is 6.42 Å². The van der Waals surface area contributed by atoms with Gasteiger partial charge in [-0.2, -0.15) is 0 Å². The Morgan fingerprint density at radius 1 is 1.32 bits per heavy atom. The molecule has 0 saturated carbocycles. The van der Waals surface area contributed by atoms with Gasteiger partial charge in [0.05, 0.1) is 11.4 Å². The molecule has 4 nitrogen and oxygen atoms in total. The molecule has 1 aromatic carbocycles. The number of furan rings is 1. The first-order chi connectivity index (χ1) is 9.13. The van der Waals surface area contributed by atoms with Gasteiger partial charge in [-0.05, 0) is 46.6 Å². The Bertz CT molecular complexity index is 580. The van der Waals surface area contributed by atoms with Gasteiger partial charge >= 0.3 is 0 Å². The van der Waals surface area contributed by atoms with Gasteiger partial charge in [0.25, 0.3) is 5.91 Å². The molecule has 0 saturated heterocycles. The van der Waals surface area contributed by atoms with Crippen LogP contribution in [0.3, 0.4) is 0 Å². The second-order valence-electron chi connectivity index (χ2n) is 4.12. The highest BCUT2D eigenvalue weighted by atomic mass is 79.9. The smallest absolute Gasteiger partial charge is 0.294 e. The van der Waals surface area contributed by atoms with Crippen molar-refractivity contribution in [2.24, 2.45) is 0 Å². The van der Waals surface area contributed by atoms with Gasteiger partial charge in [0.2, 0.25) is 0 Å². The number of nitrogen functional groups attached to an aromatic ring is 1. The van der Waals surface area contributed by atoms with Crippen LogP contribution in [-0.2, 0) is 0 Å². The van der Waals surface area contributed by atoms with Crippen LogP contribution in [0, 0.1) is 0 Å². The third kappa shape index (κ3) is 2.98. The van der Waals surface area contributed by atoms with E-state index in [1.807, 2.05) is 25.1 Å². The lowest BCUT2D eigenvalue weighted by Crippen LogP contribution is -2.32. The maximum atomic E-state index is 12.5. The quantitative estimate of drug-likeness (QED) is 0.873. The highest BCUT2D eigenvalue weighted by Gasteiger charge is 2.21. The van der Waals surface area contributed by atoms with Crippen molar-refractivity contribution in [3.8, 4) is 0 Å². The van der Waals surface area contributed by atoms with E-state index in [2.05, 4.69) is 15.9 Å². The van der Waals surface area contributed by atoms with E-state index in [4.69, 9.17) is 10.2 Å². The second kappa shape index (κ2) is 5.93. The van der Waals surface area contributed by atoms with E-state index >= 15 is 0 Å². The van der Waals surface area contributed by atoms with E-state index in [9.17, 15) is 4.79 Å². The van der Waals surface area contributed by atoms with Gasteiger partial charge in [0.15, 0.2) is 10.4 Å². The van der Waals surface area contributed by atoms with Crippen LogP contribution in [0.15, 0.2) is 45.5 Å². The van der Waals surface area contributed by atoms with E-state index in [1.165, 1.54) is 0 Å². The summed E-state index contributed by atoms with van der Waals surface area (Å²) in [6.45, 7) is 2.60. The van der Waals surface area contributed by atoms with Crippen LogP contribution in [0.4, 0.5) is 11.4 Å². The number of amides is 1. The minimum absolute atomic E-state index is 0.189. The van der Waals surface area contributed by atoms with Gasteiger partial charge in [0.1, 0.15) is 0 Å². The molecule has 5 heteroatoms. The molecule has 0 aliphatic rings. The Morgan fingerprint density at radius 2 is 2.05 bits per heavy atom. The van der Waals surface area contributed by atoms with Crippen molar-refractivity contribution >= 4 is 33.2 Å². The molecular formula is C14H15BrN2O2. The number of benzene rings is 1. The lowest BCUT2D eigenvalue weighted by atomic mass is 10.2. The molecule has 0 unspecified atom stereocenters. The predicted octanol–water partition coefficient (Wildman–Crippen LogP) is 3.68. The fraction of sp³-hybridized carbons (Fsp3) is 0.214. The predicted molar refractivity (Wildman–Crippen MR) is 79.2 cm³/mol. The number of nitrogens with two attached hydrogens (primary N) is 1. The topological polar surface area (TPSA) is 59.5 Å². The van der Waals surface area contributed by atoms with Gasteiger partial charge in [-0.25, -0.2) is 0 Å². The molecule has 0 atom stereocenters. The number of halogens is 1. The van der Waals surface area contributed by atoms with Crippen LogP contribution in [0.1, 0.15) is 23.9 Å². The van der Waals surface area contributed by atoms with Gasteiger partial charge in [-0.15, -0.1) is 0 Å². The van der Waals surface area contributed by atoms with Crippen LogP contribution < -0.4 is 10.6 Å². The SMILES string of the molecule is CCCN(C(=O)c1ccc(Br)o1)c1ccccc1N. The van der Waals surface area contributed by atoms with Crippen LogP contribution in [0.2, 0.25) is 0 Å². The summed E-state index contributed by atoms with van der Waals surface area (Å²) in [6, 6.07) is 10.7. The van der Waals surface area contributed by atoms with Gasteiger partial charge in [-0.1, -0.05) is 19.1 Å². The Labute approximate surface area is 120 Å². The first kappa shape index (κ1) is 13.7. The van der Waals surface area contributed by atoms with Crippen LogP contribution in [0.25, 0.3) is 0 Å². The zero-order valence-electron chi connectivity index (χ0n) is 10.6. The summed E-state index contributed by atoms with van der Waals surface area (Å²) in [5.74, 6) is 0.106. The van der Waals surface area contributed by atoms with E-state index in [1.54, 1.807) is 23.1 Å². The molecule has 1 amide bonds. The summed E-state index contributed by atoms with van der Waals surface area (Å²) in [5, 5.41) is 0. The molecule has 19 heavy (non-hydrogen) atoms. The van der Waals surface area contributed by atoms with Gasteiger partial charge in [0, 0.05) is 6.54 Å². The molecular weight excluding hydrogens is 308 g/mol. The summed E-state index contributed by atoms with van der Waals surface area (Å²) in [5.41, 5.74) is 7.23. The molecule has 0 fully saturated rings. The molecule has 1 aromatic heterocycles. The average molecular weight is 323 g/mol. The number of hydrogen-bond acceptors (Lipinski definition) is 3. The van der Waals surface area contributed by atoms with Crippen molar-refractivity contribution in [2.75, 3.05) is 17.2 Å². The number of para-hydroxylation sites is 2. The Kier molecular flexibility index (Phi) is 4.27. The van der Waals surface area contributed by atoms with Crippen molar-refractivity contribution in [1.82, 2.24) is 0 Å². The lowest BCUT2D eigenvalue weighted by molar-refractivity contribution is 0.0959. The van der Waals surface area contributed by atoms with Crippen molar-refractivity contribution in [3.05, 3.63) is 46.8 Å². The van der Waals surface area contributed by atoms with E-state index < -0.39 is 0 Å². The summed E-state index contributed by atoms with van der Waals surface area (Å²) in [4.78, 5) is 14.1. The fourth-order valence-corrected chi connectivity index (χ4v) is 2.16. The number of carbonyl (C=O) groups excluding carboxylic acids is 1. The molecule has 2 N–H and O–H groups in total. The van der Waals surface area contributed by atoms with Crippen molar-refractivity contribution in [3.63, 3.8) is 0 Å². The molecule has 0 bridgehead atoms.